The molecule has 0 heterocycles. The average molecular weight is 164 g/mol. The first kappa shape index (κ1) is 9.57. The van der Waals surface area contributed by atoms with Crippen molar-refractivity contribution in [3.8, 4) is 0 Å². The van der Waals surface area contributed by atoms with Gasteiger partial charge in [0.25, 0.3) is 0 Å². The third-order valence-corrected chi connectivity index (χ3v) is 2.56. The molecule has 0 spiro atoms. The van der Waals surface area contributed by atoms with E-state index >= 15 is 0 Å². The van der Waals surface area contributed by atoms with Crippen molar-refractivity contribution >= 4 is 0 Å². The maximum atomic E-state index is 2.44. The molecule has 0 bridgehead atoms. The third kappa shape index (κ3) is 2.00. The molecule has 0 saturated carbocycles. The van der Waals surface area contributed by atoms with Gasteiger partial charge in [-0.2, -0.15) is 0 Å². The summed E-state index contributed by atoms with van der Waals surface area (Å²) in [5, 5.41) is 0. The molecule has 0 aromatic heterocycles. The number of hydrogen-bond donors (Lipinski definition) is 0. The van der Waals surface area contributed by atoms with Crippen molar-refractivity contribution in [3.63, 3.8) is 0 Å². The first-order chi connectivity index (χ1) is 5.42. The van der Waals surface area contributed by atoms with E-state index in [0.29, 0.717) is 11.3 Å². The van der Waals surface area contributed by atoms with E-state index in [0.717, 1.165) is 0 Å². The van der Waals surface area contributed by atoms with E-state index in [9.17, 15) is 0 Å². The van der Waals surface area contributed by atoms with Crippen LogP contribution in [0.2, 0.25) is 0 Å². The summed E-state index contributed by atoms with van der Waals surface area (Å²) in [6, 6.07) is 0. The highest BCUT2D eigenvalue weighted by Gasteiger charge is 2.20. The van der Waals surface area contributed by atoms with Gasteiger partial charge in [0.05, 0.1) is 0 Å². The van der Waals surface area contributed by atoms with Crippen molar-refractivity contribution < 1.29 is 0 Å². The Morgan fingerprint density at radius 2 is 1.92 bits per heavy atom. The molecule has 0 aromatic carbocycles. The molecule has 0 heteroatoms. The molecule has 1 aliphatic rings. The van der Waals surface area contributed by atoms with E-state index in [-0.39, 0.29) is 0 Å². The minimum atomic E-state index is 0.374. The van der Waals surface area contributed by atoms with E-state index < -0.39 is 0 Å². The van der Waals surface area contributed by atoms with Crippen LogP contribution in [0.1, 0.15) is 41.0 Å². The Balaban J connectivity index is 2.94. The Kier molecular flexibility index (Phi) is 2.46. The largest absolute Gasteiger partial charge is 0.0805 e. The van der Waals surface area contributed by atoms with Crippen molar-refractivity contribution in [1.82, 2.24) is 0 Å². The zero-order valence-corrected chi connectivity index (χ0v) is 8.94. The lowest BCUT2D eigenvalue weighted by Crippen LogP contribution is -2.14. The fourth-order valence-electron chi connectivity index (χ4n) is 1.75. The Bertz CT molecular complexity index is 226. The molecule has 0 N–H and O–H groups in total. The molecular weight excluding hydrogens is 144 g/mol. The number of rotatable bonds is 1. The fraction of sp³-hybridized carbons (Fsp3) is 0.667. The Hall–Kier alpha value is -0.520. The number of allylic oxidation sites excluding steroid dienone is 4. The molecule has 0 radical (unpaired) electrons. The zero-order valence-electron chi connectivity index (χ0n) is 8.94. The monoisotopic (exact) mass is 164 g/mol. The first-order valence-electron chi connectivity index (χ1n) is 4.82. The Labute approximate surface area is 76.4 Å². The molecule has 0 unspecified atom stereocenters. The Morgan fingerprint density at radius 1 is 1.33 bits per heavy atom. The zero-order chi connectivity index (χ0) is 9.35. The van der Waals surface area contributed by atoms with E-state index in [4.69, 9.17) is 0 Å². The molecule has 0 saturated heterocycles. The lowest BCUT2D eigenvalue weighted by atomic mass is 9.78. The molecule has 68 valence electrons. The van der Waals surface area contributed by atoms with Crippen molar-refractivity contribution in [2.24, 2.45) is 11.3 Å². The van der Waals surface area contributed by atoms with Crippen molar-refractivity contribution in [3.05, 3.63) is 23.3 Å². The topological polar surface area (TPSA) is 0 Å². The second-order valence-corrected chi connectivity index (χ2v) is 4.83. The van der Waals surface area contributed by atoms with Crippen LogP contribution in [0.3, 0.4) is 0 Å². The van der Waals surface area contributed by atoms with Gasteiger partial charge in [-0.15, -0.1) is 0 Å². The van der Waals surface area contributed by atoms with E-state index in [1.54, 1.807) is 0 Å². The van der Waals surface area contributed by atoms with Gasteiger partial charge in [-0.05, 0) is 30.3 Å². The van der Waals surface area contributed by atoms with Gasteiger partial charge in [0.2, 0.25) is 0 Å². The normalized spacial score (nSPS) is 22.2. The average Bonchev–Trinajstić information content (AvgIpc) is 1.94. The molecule has 1 rings (SSSR count). The summed E-state index contributed by atoms with van der Waals surface area (Å²) in [6.45, 7) is 11.4. The van der Waals surface area contributed by atoms with Crippen LogP contribution in [-0.2, 0) is 0 Å². The summed E-state index contributed by atoms with van der Waals surface area (Å²) in [6.07, 6.45) is 6.00. The van der Waals surface area contributed by atoms with E-state index in [1.807, 2.05) is 0 Å². The van der Waals surface area contributed by atoms with Crippen LogP contribution in [-0.4, -0.2) is 0 Å². The first-order valence-corrected chi connectivity index (χ1v) is 4.82. The second-order valence-electron chi connectivity index (χ2n) is 4.83. The van der Waals surface area contributed by atoms with Gasteiger partial charge in [-0.25, -0.2) is 0 Å². The summed E-state index contributed by atoms with van der Waals surface area (Å²) < 4.78 is 0. The molecule has 0 atom stereocenters. The SMILES string of the molecule is CC1=CCC(C)(C)C=C1C(C)C. The van der Waals surface area contributed by atoms with Crippen molar-refractivity contribution in [2.75, 3.05) is 0 Å². The summed E-state index contributed by atoms with van der Waals surface area (Å²) in [5.74, 6) is 0.667. The van der Waals surface area contributed by atoms with Crippen LogP contribution >= 0.6 is 0 Å². The van der Waals surface area contributed by atoms with Gasteiger partial charge in [0, 0.05) is 0 Å². The van der Waals surface area contributed by atoms with E-state index in [1.165, 1.54) is 17.6 Å². The predicted molar refractivity (Wildman–Crippen MR) is 55.1 cm³/mol. The van der Waals surface area contributed by atoms with Crippen LogP contribution in [0.5, 0.6) is 0 Å². The highest BCUT2D eigenvalue weighted by Crippen LogP contribution is 2.35. The van der Waals surface area contributed by atoms with Gasteiger partial charge < -0.3 is 0 Å². The highest BCUT2D eigenvalue weighted by atomic mass is 14.3. The predicted octanol–water partition coefficient (Wildman–Crippen LogP) is 3.95. The minimum absolute atomic E-state index is 0.374. The maximum Gasteiger partial charge on any atom is -0.0134 e. The molecule has 0 aliphatic heterocycles. The van der Waals surface area contributed by atoms with Crippen LogP contribution in [0.25, 0.3) is 0 Å². The van der Waals surface area contributed by atoms with Crippen LogP contribution in [0.15, 0.2) is 23.3 Å². The van der Waals surface area contributed by atoms with E-state index in [2.05, 4.69) is 46.8 Å². The van der Waals surface area contributed by atoms with Crippen molar-refractivity contribution in [1.29, 1.82) is 0 Å². The lowest BCUT2D eigenvalue weighted by Gasteiger charge is -2.27. The fourth-order valence-corrected chi connectivity index (χ4v) is 1.75. The molecule has 0 amide bonds. The molecule has 0 fully saturated rings. The van der Waals surface area contributed by atoms with Crippen LogP contribution < -0.4 is 0 Å². The van der Waals surface area contributed by atoms with Gasteiger partial charge in [-0.3, -0.25) is 0 Å². The lowest BCUT2D eigenvalue weighted by molar-refractivity contribution is 0.470. The van der Waals surface area contributed by atoms with Crippen LogP contribution in [0.4, 0.5) is 0 Å². The Morgan fingerprint density at radius 3 is 2.33 bits per heavy atom. The summed E-state index contributed by atoms with van der Waals surface area (Å²) >= 11 is 0. The summed E-state index contributed by atoms with van der Waals surface area (Å²) in [5.41, 5.74) is 3.38. The van der Waals surface area contributed by atoms with Gasteiger partial charge in [0.15, 0.2) is 0 Å². The maximum absolute atomic E-state index is 2.44. The summed E-state index contributed by atoms with van der Waals surface area (Å²) in [7, 11) is 0. The van der Waals surface area contributed by atoms with Gasteiger partial charge in [0.1, 0.15) is 0 Å². The van der Waals surface area contributed by atoms with Crippen molar-refractivity contribution in [2.45, 2.75) is 41.0 Å². The second kappa shape index (κ2) is 3.08. The summed E-state index contributed by atoms with van der Waals surface area (Å²) in [4.78, 5) is 0. The quantitative estimate of drug-likeness (QED) is 0.550. The molecule has 1 aliphatic carbocycles. The molecular formula is C12H20. The number of hydrogen-bond acceptors (Lipinski definition) is 0. The van der Waals surface area contributed by atoms with Crippen LogP contribution in [0, 0.1) is 11.3 Å². The molecule has 0 nitrogen and oxygen atoms in total. The third-order valence-electron chi connectivity index (χ3n) is 2.56. The standard InChI is InChI=1S/C12H20/c1-9(2)11-8-12(4,5)7-6-10(11)3/h6,8-9H,7H2,1-5H3. The smallest absolute Gasteiger partial charge is 0.0134 e. The molecule has 12 heavy (non-hydrogen) atoms. The van der Waals surface area contributed by atoms with Gasteiger partial charge in [-0.1, -0.05) is 45.4 Å². The minimum Gasteiger partial charge on any atom is -0.0805 e. The highest BCUT2D eigenvalue weighted by molar-refractivity contribution is 5.35. The molecule has 0 aromatic rings. The van der Waals surface area contributed by atoms with Gasteiger partial charge >= 0.3 is 0 Å².